The van der Waals surface area contributed by atoms with Crippen molar-refractivity contribution in [1.82, 2.24) is 10.2 Å². The summed E-state index contributed by atoms with van der Waals surface area (Å²) >= 11 is 0. The van der Waals surface area contributed by atoms with E-state index in [4.69, 9.17) is 0 Å². The normalized spacial score (nSPS) is 34.3. The van der Waals surface area contributed by atoms with Crippen LogP contribution in [0.3, 0.4) is 0 Å². The van der Waals surface area contributed by atoms with Gasteiger partial charge >= 0.3 is 6.03 Å². The number of hydrogen-bond acceptors (Lipinski definition) is 2. The largest absolute Gasteiger partial charge is 0.394 e. The molecule has 3 unspecified atom stereocenters. The maximum absolute atomic E-state index is 12.3. The van der Waals surface area contributed by atoms with Gasteiger partial charge < -0.3 is 15.3 Å². The van der Waals surface area contributed by atoms with Crippen LogP contribution in [0.1, 0.15) is 52.9 Å². The molecule has 2 fully saturated rings. The first-order valence-corrected chi connectivity index (χ1v) is 7.61. The molecule has 0 aromatic carbocycles. The van der Waals surface area contributed by atoms with Gasteiger partial charge in [-0.3, -0.25) is 0 Å². The summed E-state index contributed by atoms with van der Waals surface area (Å²) in [5.41, 5.74) is 0.405. The third-order valence-electron chi connectivity index (χ3n) is 4.85. The lowest BCUT2D eigenvalue weighted by atomic mass is 9.70. The van der Waals surface area contributed by atoms with E-state index in [0.29, 0.717) is 17.4 Å². The molecule has 0 bridgehead atoms. The van der Waals surface area contributed by atoms with E-state index >= 15 is 0 Å². The van der Waals surface area contributed by atoms with E-state index in [1.807, 2.05) is 4.90 Å². The summed E-state index contributed by atoms with van der Waals surface area (Å²) in [6.07, 6.45) is 5.34. The Labute approximate surface area is 116 Å². The molecule has 1 aliphatic carbocycles. The average molecular weight is 268 g/mol. The lowest BCUT2D eigenvalue weighted by Crippen LogP contribution is -2.51. The third-order valence-corrected chi connectivity index (χ3v) is 4.85. The second kappa shape index (κ2) is 5.70. The van der Waals surface area contributed by atoms with Gasteiger partial charge in [-0.2, -0.15) is 0 Å². The Hall–Kier alpha value is -0.770. The minimum atomic E-state index is 0.0214. The first-order chi connectivity index (χ1) is 8.93. The maximum Gasteiger partial charge on any atom is 0.317 e. The quantitative estimate of drug-likeness (QED) is 0.808. The highest BCUT2D eigenvalue weighted by Gasteiger charge is 2.35. The number of carbonyl (C=O) groups is 1. The second-order valence-electron chi connectivity index (χ2n) is 7.11. The molecule has 110 valence electrons. The van der Waals surface area contributed by atoms with Gasteiger partial charge in [0.25, 0.3) is 0 Å². The predicted molar refractivity (Wildman–Crippen MR) is 75.9 cm³/mol. The lowest BCUT2D eigenvalue weighted by molar-refractivity contribution is 0.128. The molecule has 0 aromatic rings. The number of urea groups is 1. The van der Waals surface area contributed by atoms with E-state index in [2.05, 4.69) is 26.1 Å². The Morgan fingerprint density at radius 3 is 2.79 bits per heavy atom. The highest BCUT2D eigenvalue weighted by Crippen LogP contribution is 2.38. The Kier molecular flexibility index (Phi) is 4.39. The zero-order valence-electron chi connectivity index (χ0n) is 12.5. The molecule has 0 radical (unpaired) electrons. The summed E-state index contributed by atoms with van der Waals surface area (Å²) in [6.45, 7) is 7.72. The zero-order valence-corrected chi connectivity index (χ0v) is 12.5. The van der Waals surface area contributed by atoms with Crippen LogP contribution in [0.25, 0.3) is 0 Å². The standard InChI is InChI=1S/C15H28N2O2/c1-11-9-15(2,3)7-6-13(11)16-14(19)17-8-4-5-12(17)10-18/h11-13,18H,4-10H2,1-3H3,(H,16,19). The van der Waals surface area contributed by atoms with Gasteiger partial charge in [-0.05, 0) is 43.4 Å². The number of carbonyl (C=O) groups excluding carboxylic acids is 1. The average Bonchev–Trinajstić information content (AvgIpc) is 2.80. The number of nitrogens with zero attached hydrogens (tertiary/aromatic N) is 1. The van der Waals surface area contributed by atoms with Crippen LogP contribution in [0, 0.1) is 11.3 Å². The summed E-state index contributed by atoms with van der Waals surface area (Å²) in [5.74, 6) is 0.530. The number of rotatable bonds is 2. The Morgan fingerprint density at radius 2 is 2.16 bits per heavy atom. The fourth-order valence-corrected chi connectivity index (χ4v) is 3.70. The number of hydrogen-bond donors (Lipinski definition) is 2. The molecule has 2 N–H and O–H groups in total. The molecule has 4 nitrogen and oxygen atoms in total. The summed E-state index contributed by atoms with van der Waals surface area (Å²) in [4.78, 5) is 14.1. The smallest absolute Gasteiger partial charge is 0.317 e. The molecule has 2 aliphatic rings. The van der Waals surface area contributed by atoms with Crippen LogP contribution in [0.5, 0.6) is 0 Å². The van der Waals surface area contributed by atoms with E-state index in [-0.39, 0.29) is 18.7 Å². The van der Waals surface area contributed by atoms with Crippen molar-refractivity contribution >= 4 is 6.03 Å². The van der Waals surface area contributed by atoms with Crippen LogP contribution in [0.4, 0.5) is 4.79 Å². The Bertz CT molecular complexity index is 330. The molecule has 1 aliphatic heterocycles. The molecule has 1 heterocycles. The van der Waals surface area contributed by atoms with Crippen LogP contribution < -0.4 is 5.32 Å². The van der Waals surface area contributed by atoms with Gasteiger partial charge in [0.1, 0.15) is 0 Å². The highest BCUT2D eigenvalue weighted by atomic mass is 16.3. The molecular weight excluding hydrogens is 240 g/mol. The molecule has 0 spiro atoms. The maximum atomic E-state index is 12.3. The van der Waals surface area contributed by atoms with Gasteiger partial charge in [-0.1, -0.05) is 20.8 Å². The van der Waals surface area contributed by atoms with Crippen LogP contribution in [0.2, 0.25) is 0 Å². The predicted octanol–water partition coefficient (Wildman–Crippen LogP) is 2.37. The van der Waals surface area contributed by atoms with E-state index < -0.39 is 0 Å². The number of likely N-dealkylation sites (tertiary alicyclic amines) is 1. The van der Waals surface area contributed by atoms with Gasteiger partial charge in [-0.25, -0.2) is 4.79 Å². The molecule has 2 rings (SSSR count). The van der Waals surface area contributed by atoms with E-state index in [0.717, 1.165) is 25.8 Å². The van der Waals surface area contributed by atoms with E-state index in [1.54, 1.807) is 0 Å². The summed E-state index contributed by atoms with van der Waals surface area (Å²) in [6, 6.07) is 0.337. The Morgan fingerprint density at radius 1 is 1.42 bits per heavy atom. The number of aliphatic hydroxyl groups is 1. The molecular formula is C15H28N2O2. The van der Waals surface area contributed by atoms with Crippen LogP contribution >= 0.6 is 0 Å². The summed E-state index contributed by atoms with van der Waals surface area (Å²) in [7, 11) is 0. The van der Waals surface area contributed by atoms with Crippen LogP contribution in [-0.4, -0.2) is 41.3 Å². The molecule has 4 heteroatoms. The van der Waals surface area contributed by atoms with Crippen molar-refractivity contribution in [2.75, 3.05) is 13.2 Å². The minimum absolute atomic E-state index is 0.0214. The first-order valence-electron chi connectivity index (χ1n) is 7.61. The SMILES string of the molecule is CC1CC(C)(C)CCC1NC(=O)N1CCCC1CO. The van der Waals surface area contributed by atoms with Crippen molar-refractivity contribution in [1.29, 1.82) is 0 Å². The van der Waals surface area contributed by atoms with Gasteiger partial charge in [0.05, 0.1) is 12.6 Å². The summed E-state index contributed by atoms with van der Waals surface area (Å²) < 4.78 is 0. The lowest BCUT2D eigenvalue weighted by Gasteiger charge is -2.40. The van der Waals surface area contributed by atoms with Crippen molar-refractivity contribution in [3.8, 4) is 0 Å². The fraction of sp³-hybridized carbons (Fsp3) is 0.933. The third kappa shape index (κ3) is 3.41. The monoisotopic (exact) mass is 268 g/mol. The van der Waals surface area contributed by atoms with Crippen molar-refractivity contribution in [2.45, 2.75) is 65.0 Å². The Balaban J connectivity index is 1.89. The van der Waals surface area contributed by atoms with Gasteiger partial charge in [0.2, 0.25) is 0 Å². The van der Waals surface area contributed by atoms with Gasteiger partial charge in [0.15, 0.2) is 0 Å². The van der Waals surface area contributed by atoms with Crippen molar-refractivity contribution in [2.24, 2.45) is 11.3 Å². The molecule has 1 saturated heterocycles. The second-order valence-corrected chi connectivity index (χ2v) is 7.11. The fourth-order valence-electron chi connectivity index (χ4n) is 3.70. The number of aliphatic hydroxyl groups excluding tert-OH is 1. The highest BCUT2D eigenvalue weighted by molar-refractivity contribution is 5.75. The summed E-state index contributed by atoms with van der Waals surface area (Å²) in [5, 5.41) is 12.5. The first kappa shape index (κ1) is 14.6. The number of nitrogens with one attached hydrogen (secondary N) is 1. The van der Waals surface area contributed by atoms with E-state index in [9.17, 15) is 9.90 Å². The van der Waals surface area contributed by atoms with E-state index in [1.165, 1.54) is 12.8 Å². The molecule has 19 heavy (non-hydrogen) atoms. The molecule has 3 atom stereocenters. The van der Waals surface area contributed by atoms with Crippen molar-refractivity contribution in [3.05, 3.63) is 0 Å². The number of amides is 2. The molecule has 2 amide bonds. The zero-order chi connectivity index (χ0) is 14.0. The van der Waals surface area contributed by atoms with Crippen molar-refractivity contribution in [3.63, 3.8) is 0 Å². The molecule has 1 saturated carbocycles. The topological polar surface area (TPSA) is 52.6 Å². The van der Waals surface area contributed by atoms with Gasteiger partial charge in [0, 0.05) is 12.6 Å². The van der Waals surface area contributed by atoms with Crippen LogP contribution in [0.15, 0.2) is 0 Å². The van der Waals surface area contributed by atoms with Gasteiger partial charge in [-0.15, -0.1) is 0 Å². The minimum Gasteiger partial charge on any atom is -0.394 e. The molecule has 0 aromatic heterocycles. The van der Waals surface area contributed by atoms with Crippen molar-refractivity contribution < 1.29 is 9.90 Å². The van der Waals surface area contributed by atoms with Crippen LogP contribution in [-0.2, 0) is 0 Å².